The van der Waals surface area contributed by atoms with Gasteiger partial charge in [-0.2, -0.15) is 0 Å². The maximum atomic E-state index is 12.8. The van der Waals surface area contributed by atoms with E-state index < -0.39 is 0 Å². The number of carbonyl (C=O) groups is 1. The van der Waals surface area contributed by atoms with E-state index in [-0.39, 0.29) is 11.7 Å². The molecule has 98 valence electrons. The molecule has 0 heterocycles. The van der Waals surface area contributed by atoms with Crippen molar-refractivity contribution in [1.29, 1.82) is 0 Å². The van der Waals surface area contributed by atoms with Crippen molar-refractivity contribution in [3.8, 4) is 5.75 Å². The van der Waals surface area contributed by atoms with E-state index in [9.17, 15) is 9.18 Å². The number of nitrogens with one attached hydrogen (secondary N) is 1. The number of methoxy groups -OCH3 is 1. The van der Waals surface area contributed by atoms with Gasteiger partial charge in [-0.15, -0.1) is 0 Å². The molecule has 0 saturated carbocycles. The summed E-state index contributed by atoms with van der Waals surface area (Å²) in [5.74, 6) is -0.0830. The highest BCUT2D eigenvalue weighted by Crippen LogP contribution is 2.23. The quantitative estimate of drug-likeness (QED) is 0.917. The molecule has 0 radical (unpaired) electrons. The first-order valence-electron chi connectivity index (χ1n) is 5.82. The van der Waals surface area contributed by atoms with E-state index in [2.05, 4.69) is 5.32 Å². The molecule has 0 aromatic heterocycles. The zero-order valence-corrected chi connectivity index (χ0v) is 10.7. The average molecular weight is 259 g/mol. The second-order valence-electron chi connectivity index (χ2n) is 4.12. The topological polar surface area (TPSA) is 38.3 Å². The summed E-state index contributed by atoms with van der Waals surface area (Å²) in [5, 5.41) is 2.70. The van der Waals surface area contributed by atoms with Crippen molar-refractivity contribution >= 4 is 11.6 Å². The summed E-state index contributed by atoms with van der Waals surface area (Å²) in [6.07, 6.45) is 0. The number of rotatable bonds is 3. The molecule has 0 bridgehead atoms. The molecule has 0 unspecified atom stereocenters. The molecule has 0 aliphatic carbocycles. The Balaban J connectivity index is 2.25. The largest absolute Gasteiger partial charge is 0.496 e. The molecular weight excluding hydrogens is 245 g/mol. The van der Waals surface area contributed by atoms with Crippen LogP contribution in [-0.4, -0.2) is 13.0 Å². The minimum atomic E-state index is -0.342. The Kier molecular flexibility index (Phi) is 3.80. The van der Waals surface area contributed by atoms with Gasteiger partial charge in [-0.1, -0.05) is 12.1 Å². The average Bonchev–Trinajstić information content (AvgIpc) is 2.41. The fraction of sp³-hybridized carbons (Fsp3) is 0.133. The Hall–Kier alpha value is -2.36. The molecule has 2 aromatic rings. The molecule has 2 aromatic carbocycles. The summed E-state index contributed by atoms with van der Waals surface area (Å²) in [5.41, 5.74) is 1.87. The lowest BCUT2D eigenvalue weighted by atomic mass is 10.1. The predicted octanol–water partition coefficient (Wildman–Crippen LogP) is 3.40. The first-order chi connectivity index (χ1) is 9.11. The van der Waals surface area contributed by atoms with Crippen LogP contribution in [-0.2, 0) is 0 Å². The lowest BCUT2D eigenvalue weighted by Crippen LogP contribution is -2.13. The molecule has 0 fully saturated rings. The van der Waals surface area contributed by atoms with Crippen LogP contribution in [0.5, 0.6) is 5.75 Å². The van der Waals surface area contributed by atoms with E-state index in [0.717, 1.165) is 5.56 Å². The molecule has 0 atom stereocenters. The number of amides is 1. The van der Waals surface area contributed by atoms with Crippen LogP contribution in [0.4, 0.5) is 10.1 Å². The third-order valence-corrected chi connectivity index (χ3v) is 2.76. The van der Waals surface area contributed by atoms with Crippen LogP contribution < -0.4 is 10.1 Å². The van der Waals surface area contributed by atoms with Crippen molar-refractivity contribution in [2.45, 2.75) is 6.92 Å². The van der Waals surface area contributed by atoms with Crippen molar-refractivity contribution in [1.82, 2.24) is 0 Å². The zero-order valence-electron chi connectivity index (χ0n) is 10.7. The lowest BCUT2D eigenvalue weighted by Gasteiger charge is -2.11. The number of benzene rings is 2. The van der Waals surface area contributed by atoms with E-state index in [1.165, 1.54) is 31.4 Å². The normalized spacial score (nSPS) is 10.1. The predicted molar refractivity (Wildman–Crippen MR) is 72.1 cm³/mol. The summed E-state index contributed by atoms with van der Waals surface area (Å²) in [6, 6.07) is 11.0. The van der Waals surface area contributed by atoms with Crippen LogP contribution in [0.25, 0.3) is 0 Å². The van der Waals surface area contributed by atoms with Gasteiger partial charge < -0.3 is 10.1 Å². The number of hydrogen-bond donors (Lipinski definition) is 1. The van der Waals surface area contributed by atoms with E-state index >= 15 is 0 Å². The van der Waals surface area contributed by atoms with E-state index in [1.807, 2.05) is 13.0 Å². The summed E-state index contributed by atoms with van der Waals surface area (Å²) in [7, 11) is 1.52. The SMILES string of the molecule is COc1c(C)cccc1C(=O)Nc1ccc(F)cc1. The molecule has 4 heteroatoms. The molecule has 0 spiro atoms. The maximum absolute atomic E-state index is 12.8. The van der Waals surface area contributed by atoms with Gasteiger partial charge in [0.1, 0.15) is 11.6 Å². The Bertz CT molecular complexity index is 594. The number of halogens is 1. The van der Waals surface area contributed by atoms with Gasteiger partial charge in [-0.05, 0) is 42.8 Å². The number of anilines is 1. The molecule has 1 N–H and O–H groups in total. The van der Waals surface area contributed by atoms with Crippen molar-refractivity contribution < 1.29 is 13.9 Å². The molecule has 1 amide bonds. The number of ether oxygens (including phenoxy) is 1. The Morgan fingerprint density at radius 1 is 1.16 bits per heavy atom. The number of hydrogen-bond acceptors (Lipinski definition) is 2. The maximum Gasteiger partial charge on any atom is 0.259 e. The second-order valence-corrected chi connectivity index (χ2v) is 4.12. The van der Waals surface area contributed by atoms with Gasteiger partial charge in [0.05, 0.1) is 12.7 Å². The molecule has 19 heavy (non-hydrogen) atoms. The van der Waals surface area contributed by atoms with Crippen LogP contribution in [0.2, 0.25) is 0 Å². The van der Waals surface area contributed by atoms with Crippen LogP contribution in [0.15, 0.2) is 42.5 Å². The first kappa shape index (κ1) is 13.1. The molecular formula is C15H14FNO2. The smallest absolute Gasteiger partial charge is 0.259 e. The van der Waals surface area contributed by atoms with Crippen LogP contribution in [0.3, 0.4) is 0 Å². The lowest BCUT2D eigenvalue weighted by molar-refractivity contribution is 0.102. The summed E-state index contributed by atoms with van der Waals surface area (Å²) in [4.78, 5) is 12.1. The van der Waals surface area contributed by atoms with Crippen molar-refractivity contribution in [2.24, 2.45) is 0 Å². The molecule has 0 aliphatic heterocycles. The Morgan fingerprint density at radius 3 is 2.47 bits per heavy atom. The van der Waals surface area contributed by atoms with E-state index in [0.29, 0.717) is 17.0 Å². The molecule has 0 saturated heterocycles. The van der Waals surface area contributed by atoms with Crippen molar-refractivity contribution in [3.63, 3.8) is 0 Å². The van der Waals surface area contributed by atoms with Crippen LogP contribution in [0, 0.1) is 12.7 Å². The second kappa shape index (κ2) is 5.52. The van der Waals surface area contributed by atoms with E-state index in [1.54, 1.807) is 12.1 Å². The highest BCUT2D eigenvalue weighted by molar-refractivity contribution is 6.06. The minimum absolute atomic E-state index is 0.285. The number of aryl methyl sites for hydroxylation is 1. The highest BCUT2D eigenvalue weighted by atomic mass is 19.1. The van der Waals surface area contributed by atoms with Gasteiger partial charge in [0.25, 0.3) is 5.91 Å². The van der Waals surface area contributed by atoms with Crippen LogP contribution in [0.1, 0.15) is 15.9 Å². The van der Waals surface area contributed by atoms with Gasteiger partial charge in [-0.25, -0.2) is 4.39 Å². The monoisotopic (exact) mass is 259 g/mol. The van der Waals surface area contributed by atoms with Gasteiger partial charge >= 0.3 is 0 Å². The van der Waals surface area contributed by atoms with Gasteiger partial charge in [0.15, 0.2) is 0 Å². The fourth-order valence-electron chi connectivity index (χ4n) is 1.83. The standard InChI is InChI=1S/C15H14FNO2/c1-10-4-3-5-13(14(10)19-2)15(18)17-12-8-6-11(16)7-9-12/h3-9H,1-2H3,(H,17,18). The molecule has 3 nitrogen and oxygen atoms in total. The summed E-state index contributed by atoms with van der Waals surface area (Å²) in [6.45, 7) is 1.87. The summed E-state index contributed by atoms with van der Waals surface area (Å²) >= 11 is 0. The third-order valence-electron chi connectivity index (χ3n) is 2.76. The Morgan fingerprint density at radius 2 is 1.84 bits per heavy atom. The Labute approximate surface area is 111 Å². The molecule has 2 rings (SSSR count). The first-order valence-corrected chi connectivity index (χ1v) is 5.82. The molecule has 0 aliphatic rings. The van der Waals surface area contributed by atoms with E-state index in [4.69, 9.17) is 4.74 Å². The van der Waals surface area contributed by atoms with Crippen molar-refractivity contribution in [2.75, 3.05) is 12.4 Å². The van der Waals surface area contributed by atoms with Gasteiger partial charge in [0.2, 0.25) is 0 Å². The highest BCUT2D eigenvalue weighted by Gasteiger charge is 2.13. The van der Waals surface area contributed by atoms with Gasteiger partial charge in [-0.3, -0.25) is 4.79 Å². The van der Waals surface area contributed by atoms with Gasteiger partial charge in [0, 0.05) is 5.69 Å². The summed E-state index contributed by atoms with van der Waals surface area (Å²) < 4.78 is 18.0. The number of carbonyl (C=O) groups excluding carboxylic acids is 1. The fourth-order valence-corrected chi connectivity index (χ4v) is 1.83. The number of para-hydroxylation sites is 1. The zero-order chi connectivity index (χ0) is 13.8. The minimum Gasteiger partial charge on any atom is -0.496 e. The van der Waals surface area contributed by atoms with Crippen molar-refractivity contribution in [3.05, 3.63) is 59.4 Å². The van der Waals surface area contributed by atoms with Crippen LogP contribution >= 0.6 is 0 Å². The third kappa shape index (κ3) is 2.91.